The highest BCUT2D eigenvalue weighted by molar-refractivity contribution is 9.10. The lowest BCUT2D eigenvalue weighted by Gasteiger charge is -2.29. The second kappa shape index (κ2) is 13.3. The standard InChI is InChI=1S/C47H39Br/c1-30-10-20-35(21-11-30)42-43(36-22-12-31(2)13-23-36)45(38-26-16-33(4)17-27-38)47(40-8-6-7-9-41(40)48)46(39-28-18-34(5)19-29-39)44(42)37-24-14-32(3)15-25-37/h6-29H,1-5H3. The molecular weight excluding hydrogens is 644 g/mol. The predicted octanol–water partition coefficient (Wildman–Crippen LogP) is 14.0. The zero-order chi connectivity index (χ0) is 33.4. The lowest BCUT2D eigenvalue weighted by atomic mass is 9.74. The molecule has 0 unspecified atom stereocenters. The van der Waals surface area contributed by atoms with Gasteiger partial charge >= 0.3 is 0 Å². The highest BCUT2D eigenvalue weighted by Gasteiger charge is 2.29. The van der Waals surface area contributed by atoms with Gasteiger partial charge in [0, 0.05) is 4.47 Å². The molecule has 7 aromatic carbocycles. The maximum atomic E-state index is 4.02. The van der Waals surface area contributed by atoms with Crippen LogP contribution >= 0.6 is 15.9 Å². The Morgan fingerprint density at radius 2 is 0.500 bits per heavy atom. The Morgan fingerprint density at radius 3 is 0.750 bits per heavy atom. The summed E-state index contributed by atoms with van der Waals surface area (Å²) >= 11 is 4.02. The van der Waals surface area contributed by atoms with E-state index in [1.54, 1.807) is 0 Å². The molecule has 0 aromatic heterocycles. The van der Waals surface area contributed by atoms with Crippen molar-refractivity contribution in [1.82, 2.24) is 0 Å². The van der Waals surface area contributed by atoms with Crippen LogP contribution in [0.1, 0.15) is 27.8 Å². The van der Waals surface area contributed by atoms with Gasteiger partial charge < -0.3 is 0 Å². The van der Waals surface area contributed by atoms with Crippen molar-refractivity contribution >= 4 is 15.9 Å². The average molecular weight is 684 g/mol. The lowest BCUT2D eigenvalue weighted by molar-refractivity contribution is 1.43. The van der Waals surface area contributed by atoms with Crippen LogP contribution < -0.4 is 0 Å². The van der Waals surface area contributed by atoms with Gasteiger partial charge in [-0.15, -0.1) is 0 Å². The molecule has 48 heavy (non-hydrogen) atoms. The smallest absolute Gasteiger partial charge is 0.0254 e. The van der Waals surface area contributed by atoms with Crippen LogP contribution in [-0.4, -0.2) is 0 Å². The molecule has 0 spiro atoms. The first-order chi connectivity index (χ1) is 23.3. The van der Waals surface area contributed by atoms with Crippen LogP contribution in [-0.2, 0) is 0 Å². The molecule has 7 rings (SSSR count). The van der Waals surface area contributed by atoms with Gasteiger partial charge in [0.15, 0.2) is 0 Å². The van der Waals surface area contributed by atoms with E-state index in [9.17, 15) is 0 Å². The Kier molecular flexibility index (Phi) is 8.73. The number of aryl methyl sites for hydroxylation is 5. The molecule has 234 valence electrons. The zero-order valence-electron chi connectivity index (χ0n) is 28.2. The van der Waals surface area contributed by atoms with Gasteiger partial charge in [0.25, 0.3) is 0 Å². The van der Waals surface area contributed by atoms with Gasteiger partial charge in [0.2, 0.25) is 0 Å². The molecule has 1 heteroatoms. The molecule has 0 N–H and O–H groups in total. The van der Waals surface area contributed by atoms with Crippen LogP contribution in [0.15, 0.2) is 150 Å². The first kappa shape index (κ1) is 31.6. The van der Waals surface area contributed by atoms with E-state index in [2.05, 4.69) is 196 Å². The summed E-state index contributed by atoms with van der Waals surface area (Å²) in [6.45, 7) is 10.8. The molecule has 0 atom stereocenters. The van der Waals surface area contributed by atoms with Crippen molar-refractivity contribution in [2.75, 3.05) is 0 Å². The minimum absolute atomic E-state index is 1.07. The Hall–Kier alpha value is -4.98. The van der Waals surface area contributed by atoms with Gasteiger partial charge in [0.05, 0.1) is 0 Å². The quantitative estimate of drug-likeness (QED) is 0.164. The van der Waals surface area contributed by atoms with Crippen molar-refractivity contribution < 1.29 is 0 Å². The largest absolute Gasteiger partial charge is 0.0616 e. The first-order valence-electron chi connectivity index (χ1n) is 16.6. The van der Waals surface area contributed by atoms with Crippen molar-refractivity contribution in [2.45, 2.75) is 34.6 Å². The third kappa shape index (κ3) is 6.07. The fourth-order valence-electron chi connectivity index (χ4n) is 6.73. The van der Waals surface area contributed by atoms with Crippen LogP contribution in [0.5, 0.6) is 0 Å². The fraction of sp³-hybridized carbons (Fsp3) is 0.106. The minimum atomic E-state index is 1.07. The summed E-state index contributed by atoms with van der Waals surface area (Å²) in [5, 5.41) is 0. The van der Waals surface area contributed by atoms with Crippen molar-refractivity contribution in [3.63, 3.8) is 0 Å². The van der Waals surface area contributed by atoms with Crippen molar-refractivity contribution in [3.8, 4) is 66.8 Å². The topological polar surface area (TPSA) is 0 Å². The van der Waals surface area contributed by atoms with E-state index in [4.69, 9.17) is 0 Å². The Bertz CT molecular complexity index is 2100. The summed E-state index contributed by atoms with van der Waals surface area (Å²) in [6, 6.07) is 54.1. The average Bonchev–Trinajstić information content (AvgIpc) is 3.10. The molecule has 0 radical (unpaired) electrons. The molecule has 0 aliphatic rings. The maximum Gasteiger partial charge on any atom is 0.0254 e. The monoisotopic (exact) mass is 682 g/mol. The number of hydrogen-bond acceptors (Lipinski definition) is 0. The normalized spacial score (nSPS) is 11.1. The van der Waals surface area contributed by atoms with E-state index < -0.39 is 0 Å². The van der Waals surface area contributed by atoms with Gasteiger partial charge in [-0.05, 0) is 107 Å². The molecule has 0 aliphatic heterocycles. The van der Waals surface area contributed by atoms with E-state index in [-0.39, 0.29) is 0 Å². The van der Waals surface area contributed by atoms with Crippen LogP contribution in [0.2, 0.25) is 0 Å². The Labute approximate surface area is 293 Å². The molecule has 0 nitrogen and oxygen atoms in total. The van der Waals surface area contributed by atoms with E-state index in [1.165, 1.54) is 94.6 Å². The van der Waals surface area contributed by atoms with Crippen molar-refractivity contribution in [2.24, 2.45) is 0 Å². The Balaban J connectivity index is 1.82. The highest BCUT2D eigenvalue weighted by Crippen LogP contribution is 2.56. The fourth-order valence-corrected chi connectivity index (χ4v) is 7.21. The molecule has 0 amide bonds. The second-order valence-electron chi connectivity index (χ2n) is 13.1. The molecule has 0 saturated carbocycles. The van der Waals surface area contributed by atoms with Crippen LogP contribution in [0.4, 0.5) is 0 Å². The van der Waals surface area contributed by atoms with Crippen molar-refractivity contribution in [3.05, 3.63) is 178 Å². The Morgan fingerprint density at radius 1 is 0.271 bits per heavy atom. The summed E-state index contributed by atoms with van der Waals surface area (Å²) in [5.41, 5.74) is 20.8. The second-order valence-corrected chi connectivity index (χ2v) is 13.9. The van der Waals surface area contributed by atoms with Gasteiger partial charge in [-0.1, -0.05) is 183 Å². The van der Waals surface area contributed by atoms with E-state index in [0.717, 1.165) is 4.47 Å². The van der Waals surface area contributed by atoms with Crippen LogP contribution in [0.25, 0.3) is 66.8 Å². The SMILES string of the molecule is Cc1ccc(-c2c(-c3ccc(C)cc3)c(-c3ccc(C)cc3)c(-c3ccccc3Br)c(-c3ccc(C)cc3)c2-c2ccc(C)cc2)cc1. The summed E-state index contributed by atoms with van der Waals surface area (Å²) in [4.78, 5) is 0. The van der Waals surface area contributed by atoms with Crippen LogP contribution in [0.3, 0.4) is 0 Å². The van der Waals surface area contributed by atoms with E-state index in [0.29, 0.717) is 0 Å². The van der Waals surface area contributed by atoms with Gasteiger partial charge in [0.1, 0.15) is 0 Å². The van der Waals surface area contributed by atoms with E-state index in [1.807, 2.05) is 0 Å². The van der Waals surface area contributed by atoms with Crippen molar-refractivity contribution in [1.29, 1.82) is 0 Å². The molecule has 7 aromatic rings. The number of rotatable bonds is 6. The summed E-state index contributed by atoms with van der Waals surface area (Å²) in [6.07, 6.45) is 0. The number of hydrogen-bond donors (Lipinski definition) is 0. The number of benzene rings is 7. The van der Waals surface area contributed by atoms with Crippen LogP contribution in [0, 0.1) is 34.6 Å². The summed E-state index contributed by atoms with van der Waals surface area (Å²) in [5.74, 6) is 0. The molecule has 0 aliphatic carbocycles. The number of halogens is 1. The van der Waals surface area contributed by atoms with Gasteiger partial charge in [-0.25, -0.2) is 0 Å². The molecular formula is C47H39Br. The van der Waals surface area contributed by atoms with E-state index >= 15 is 0 Å². The lowest BCUT2D eigenvalue weighted by Crippen LogP contribution is -2.02. The third-order valence-corrected chi connectivity index (χ3v) is 10.0. The molecule has 0 bridgehead atoms. The third-order valence-electron chi connectivity index (χ3n) is 9.34. The zero-order valence-corrected chi connectivity index (χ0v) is 29.8. The minimum Gasteiger partial charge on any atom is -0.0616 e. The summed E-state index contributed by atoms with van der Waals surface area (Å²) in [7, 11) is 0. The van der Waals surface area contributed by atoms with Gasteiger partial charge in [-0.3, -0.25) is 0 Å². The predicted molar refractivity (Wildman–Crippen MR) is 210 cm³/mol. The first-order valence-corrected chi connectivity index (χ1v) is 17.4. The van der Waals surface area contributed by atoms with Gasteiger partial charge in [-0.2, -0.15) is 0 Å². The maximum absolute atomic E-state index is 4.02. The highest BCUT2D eigenvalue weighted by atomic mass is 79.9. The molecule has 0 heterocycles. The molecule has 0 saturated heterocycles. The summed E-state index contributed by atoms with van der Waals surface area (Å²) < 4.78 is 1.07. The molecule has 0 fully saturated rings.